The predicted molar refractivity (Wildman–Crippen MR) is 69.9 cm³/mol. The molecule has 0 spiro atoms. The summed E-state index contributed by atoms with van der Waals surface area (Å²) >= 11 is 6.16. The molecule has 0 aromatic heterocycles. The Morgan fingerprint density at radius 3 is 3.00 bits per heavy atom. The normalized spacial score (nSPS) is 17.3. The number of anilines is 1. The average Bonchev–Trinajstić information content (AvgIpc) is 2.39. The van der Waals surface area contributed by atoms with Crippen molar-refractivity contribution < 1.29 is 14.3 Å². The fourth-order valence-corrected chi connectivity index (χ4v) is 1.92. The minimum Gasteiger partial charge on any atom is -0.497 e. The van der Waals surface area contributed by atoms with Crippen LogP contribution in [0.4, 0.5) is 11.4 Å². The molecule has 1 aromatic carbocycles. The Labute approximate surface area is 110 Å². The van der Waals surface area contributed by atoms with Crippen LogP contribution in [0.25, 0.3) is 0 Å². The number of carbonyl (C=O) groups excluding carboxylic acids is 1. The van der Waals surface area contributed by atoms with Gasteiger partial charge in [-0.3, -0.25) is 9.41 Å². The quantitative estimate of drug-likeness (QED) is 0.623. The summed E-state index contributed by atoms with van der Waals surface area (Å²) in [7, 11) is 1.56. The highest BCUT2D eigenvalue weighted by Crippen LogP contribution is 2.37. The Morgan fingerprint density at radius 1 is 1.56 bits per heavy atom. The third kappa shape index (κ3) is 2.26. The average molecular weight is 269 g/mol. The zero-order valence-electron chi connectivity index (χ0n) is 10.1. The molecule has 18 heavy (non-hydrogen) atoms. The Hall–Kier alpha value is -1.75. The molecule has 0 amide bonds. The second-order valence-electron chi connectivity index (χ2n) is 3.64. The summed E-state index contributed by atoms with van der Waals surface area (Å²) < 4.78 is 11.4. The number of benzene rings is 1. The van der Waals surface area contributed by atoms with Crippen LogP contribution in [0.5, 0.6) is 5.75 Å². The van der Waals surface area contributed by atoms with Crippen LogP contribution < -0.4 is 9.16 Å². The smallest absolute Gasteiger partial charge is 0.335 e. The summed E-state index contributed by atoms with van der Waals surface area (Å²) in [6, 6.07) is 4.57. The molecule has 96 valence electrons. The molecule has 0 bridgehead atoms. The molecule has 5 nitrogen and oxygen atoms in total. The van der Waals surface area contributed by atoms with E-state index in [1.807, 2.05) is 0 Å². The van der Waals surface area contributed by atoms with Gasteiger partial charge in [-0.05, 0) is 19.1 Å². The van der Waals surface area contributed by atoms with Crippen LogP contribution in [0.15, 0.2) is 23.2 Å². The number of halogens is 1. The molecule has 1 atom stereocenters. The molecule has 0 aliphatic carbocycles. The monoisotopic (exact) mass is 268 g/mol. The molecule has 1 unspecified atom stereocenters. The highest BCUT2D eigenvalue weighted by molar-refractivity contribution is 6.31. The maximum atomic E-state index is 11.7. The van der Waals surface area contributed by atoms with Gasteiger partial charge in [-0.1, -0.05) is 0 Å². The minimum absolute atomic E-state index is 0.304. The van der Waals surface area contributed by atoms with Crippen molar-refractivity contribution >= 4 is 35.3 Å². The number of aliphatic imine (C=N–C) groups is 1. The van der Waals surface area contributed by atoms with E-state index < -0.39 is 12.0 Å². The lowest BCUT2D eigenvalue weighted by molar-refractivity contribution is -0.142. The number of hydrogen-bond acceptors (Lipinski definition) is 5. The van der Waals surface area contributed by atoms with Gasteiger partial charge in [0.2, 0.25) is 0 Å². The molecular formula is C12H13ClN2O3. The molecule has 0 saturated carbocycles. The topological polar surface area (TPSA) is 51.1 Å². The lowest BCUT2D eigenvalue weighted by Crippen LogP contribution is -2.39. The fourth-order valence-electron chi connectivity index (χ4n) is 1.65. The van der Waals surface area contributed by atoms with Gasteiger partial charge in [0, 0.05) is 24.1 Å². The highest BCUT2D eigenvalue weighted by atomic mass is 35.5. The second kappa shape index (κ2) is 5.27. The van der Waals surface area contributed by atoms with Crippen LogP contribution in [-0.2, 0) is 9.53 Å². The number of ether oxygens (including phenoxy) is 2. The highest BCUT2D eigenvalue weighted by Gasteiger charge is 2.29. The van der Waals surface area contributed by atoms with Crippen LogP contribution in [0.1, 0.15) is 6.92 Å². The van der Waals surface area contributed by atoms with Crippen molar-refractivity contribution in [3.8, 4) is 5.75 Å². The Morgan fingerprint density at radius 2 is 2.33 bits per heavy atom. The standard InChI is InChI=1S/C12H13ClN2O3/c1-3-18-12(16)11-7-14-9-5-4-8(17-2)6-10(9)15(11)13/h4-7,11H,3H2,1-2H3. The lowest BCUT2D eigenvalue weighted by atomic mass is 10.2. The number of fused-ring (bicyclic) bond motifs is 1. The molecule has 1 heterocycles. The van der Waals surface area contributed by atoms with Gasteiger partial charge in [0.1, 0.15) is 5.75 Å². The SMILES string of the molecule is CCOC(=O)C1C=Nc2ccc(OC)cc2N1Cl. The van der Waals surface area contributed by atoms with Crippen molar-refractivity contribution in [2.75, 3.05) is 18.1 Å². The van der Waals surface area contributed by atoms with Crippen molar-refractivity contribution in [2.45, 2.75) is 13.0 Å². The van der Waals surface area contributed by atoms with Crippen LogP contribution in [0, 0.1) is 0 Å². The number of hydrogen-bond donors (Lipinski definition) is 0. The predicted octanol–water partition coefficient (Wildman–Crippen LogP) is 2.30. The van der Waals surface area contributed by atoms with Crippen LogP contribution in [-0.4, -0.2) is 31.9 Å². The number of carbonyl (C=O) groups is 1. The number of rotatable bonds is 3. The number of nitrogens with zero attached hydrogens (tertiary/aromatic N) is 2. The molecule has 0 N–H and O–H groups in total. The van der Waals surface area contributed by atoms with E-state index in [-0.39, 0.29) is 0 Å². The van der Waals surface area contributed by atoms with Gasteiger partial charge in [-0.25, -0.2) is 4.79 Å². The summed E-state index contributed by atoms with van der Waals surface area (Å²) in [6.45, 7) is 2.05. The van der Waals surface area contributed by atoms with Crippen molar-refractivity contribution in [2.24, 2.45) is 4.99 Å². The van der Waals surface area contributed by atoms with E-state index in [2.05, 4.69) is 4.99 Å². The third-order valence-corrected chi connectivity index (χ3v) is 2.93. The summed E-state index contributed by atoms with van der Waals surface area (Å²) in [5.41, 5.74) is 1.31. The van der Waals surface area contributed by atoms with Crippen LogP contribution >= 0.6 is 11.8 Å². The van der Waals surface area contributed by atoms with Crippen molar-refractivity contribution in [1.82, 2.24) is 0 Å². The Bertz CT molecular complexity index is 490. The fraction of sp³-hybridized carbons (Fsp3) is 0.333. The Balaban J connectivity index is 2.31. The van der Waals surface area contributed by atoms with Gasteiger partial charge in [-0.15, -0.1) is 0 Å². The molecular weight excluding hydrogens is 256 g/mol. The minimum atomic E-state index is -0.716. The van der Waals surface area contributed by atoms with Gasteiger partial charge in [0.05, 0.1) is 25.1 Å². The summed E-state index contributed by atoms with van der Waals surface area (Å²) in [5, 5.41) is 0. The van der Waals surface area contributed by atoms with Gasteiger partial charge in [-0.2, -0.15) is 0 Å². The van der Waals surface area contributed by atoms with E-state index in [0.29, 0.717) is 23.7 Å². The van der Waals surface area contributed by atoms with Gasteiger partial charge >= 0.3 is 5.97 Å². The van der Waals surface area contributed by atoms with Gasteiger partial charge in [0.15, 0.2) is 6.04 Å². The van der Waals surface area contributed by atoms with Crippen molar-refractivity contribution in [3.05, 3.63) is 18.2 Å². The van der Waals surface area contributed by atoms with E-state index >= 15 is 0 Å². The summed E-state index contributed by atoms with van der Waals surface area (Å²) in [6.07, 6.45) is 1.47. The lowest BCUT2D eigenvalue weighted by Gasteiger charge is -2.27. The van der Waals surface area contributed by atoms with Crippen LogP contribution in [0.3, 0.4) is 0 Å². The first kappa shape index (κ1) is 12.7. The molecule has 0 radical (unpaired) electrons. The number of methoxy groups -OCH3 is 1. The molecule has 2 rings (SSSR count). The third-order valence-electron chi connectivity index (χ3n) is 2.54. The van der Waals surface area contributed by atoms with E-state index in [1.54, 1.807) is 32.2 Å². The zero-order chi connectivity index (χ0) is 13.1. The van der Waals surface area contributed by atoms with E-state index in [1.165, 1.54) is 10.6 Å². The maximum absolute atomic E-state index is 11.7. The second-order valence-corrected chi connectivity index (χ2v) is 4.01. The van der Waals surface area contributed by atoms with Crippen LogP contribution in [0.2, 0.25) is 0 Å². The molecule has 0 saturated heterocycles. The maximum Gasteiger partial charge on any atom is 0.335 e. The first-order valence-corrected chi connectivity index (χ1v) is 5.85. The summed E-state index contributed by atoms with van der Waals surface area (Å²) in [4.78, 5) is 15.9. The van der Waals surface area contributed by atoms with Gasteiger partial charge in [0.25, 0.3) is 0 Å². The van der Waals surface area contributed by atoms with Gasteiger partial charge < -0.3 is 9.47 Å². The van der Waals surface area contributed by atoms with E-state index in [9.17, 15) is 4.79 Å². The van der Waals surface area contributed by atoms with Crippen molar-refractivity contribution in [3.63, 3.8) is 0 Å². The first-order valence-electron chi connectivity index (χ1n) is 5.51. The van der Waals surface area contributed by atoms with E-state index in [0.717, 1.165) is 0 Å². The molecule has 1 aliphatic rings. The summed E-state index contributed by atoms with van der Waals surface area (Å²) in [5.74, 6) is 0.226. The molecule has 1 aliphatic heterocycles. The first-order chi connectivity index (χ1) is 8.67. The molecule has 6 heteroatoms. The van der Waals surface area contributed by atoms with Crippen molar-refractivity contribution in [1.29, 1.82) is 0 Å². The largest absolute Gasteiger partial charge is 0.497 e. The molecule has 0 fully saturated rings. The number of esters is 1. The van der Waals surface area contributed by atoms with E-state index in [4.69, 9.17) is 21.3 Å². The zero-order valence-corrected chi connectivity index (χ0v) is 10.8. The Kier molecular flexibility index (Phi) is 3.72. The molecule has 1 aromatic rings.